The summed E-state index contributed by atoms with van der Waals surface area (Å²) in [6.07, 6.45) is 3.16. The van der Waals surface area contributed by atoms with Gasteiger partial charge in [-0.05, 0) is 24.5 Å². The van der Waals surface area contributed by atoms with Crippen LogP contribution in [0.25, 0.3) is 0 Å². The molecule has 0 aliphatic carbocycles. The highest BCUT2D eigenvalue weighted by Crippen LogP contribution is 2.40. The number of pyridine rings is 1. The third-order valence-electron chi connectivity index (χ3n) is 6.84. The number of carbonyl (C=O) groups is 2. The molecule has 1 atom stereocenters. The molecule has 0 bridgehead atoms. The largest absolute Gasteiger partial charge is 0.487 e. The molecule has 3 aromatic rings. The van der Waals surface area contributed by atoms with Crippen molar-refractivity contribution in [1.29, 1.82) is 0 Å². The van der Waals surface area contributed by atoms with E-state index in [0.29, 0.717) is 19.7 Å². The molecule has 7 heteroatoms. The predicted octanol–water partition coefficient (Wildman–Crippen LogP) is 4.71. The molecule has 1 aromatic heterocycles. The molecule has 0 saturated heterocycles. The van der Waals surface area contributed by atoms with E-state index in [0.717, 1.165) is 24.0 Å². The van der Waals surface area contributed by atoms with Gasteiger partial charge < -0.3 is 18.9 Å². The summed E-state index contributed by atoms with van der Waals surface area (Å²) in [6.45, 7) is 4.81. The summed E-state index contributed by atoms with van der Waals surface area (Å²) in [6, 6.07) is 19.9. The number of ketones is 1. The molecule has 1 amide bonds. The van der Waals surface area contributed by atoms with E-state index in [1.54, 1.807) is 18.2 Å². The van der Waals surface area contributed by atoms with Crippen LogP contribution >= 0.6 is 0 Å². The molecule has 1 aliphatic rings. The molecule has 0 saturated carbocycles. The van der Waals surface area contributed by atoms with Crippen LogP contribution in [0.1, 0.15) is 70.6 Å². The van der Waals surface area contributed by atoms with Crippen molar-refractivity contribution in [1.82, 2.24) is 9.47 Å². The first kappa shape index (κ1) is 26.4. The number of methoxy groups -OCH3 is 1. The molecule has 194 valence electrons. The van der Waals surface area contributed by atoms with Crippen molar-refractivity contribution in [3.63, 3.8) is 0 Å². The summed E-state index contributed by atoms with van der Waals surface area (Å²) in [7, 11) is 1.60. The van der Waals surface area contributed by atoms with E-state index in [1.165, 1.54) is 6.92 Å². The van der Waals surface area contributed by atoms with Gasteiger partial charge in [0.25, 0.3) is 5.91 Å². The van der Waals surface area contributed by atoms with Crippen LogP contribution in [0.3, 0.4) is 0 Å². The Morgan fingerprint density at radius 2 is 1.62 bits per heavy atom. The minimum atomic E-state index is -0.536. The lowest BCUT2D eigenvalue weighted by Gasteiger charge is -2.41. The van der Waals surface area contributed by atoms with Crippen molar-refractivity contribution in [3.8, 4) is 5.75 Å². The lowest BCUT2D eigenvalue weighted by molar-refractivity contribution is 0.0579. The zero-order valence-corrected chi connectivity index (χ0v) is 21.7. The van der Waals surface area contributed by atoms with Crippen LogP contribution in [0.4, 0.5) is 0 Å². The molecular formula is C30H34N2O5. The molecule has 2 aromatic carbocycles. The molecule has 0 unspecified atom stereocenters. The van der Waals surface area contributed by atoms with Gasteiger partial charge in [-0.2, -0.15) is 0 Å². The zero-order valence-electron chi connectivity index (χ0n) is 21.7. The van der Waals surface area contributed by atoms with Gasteiger partial charge in [0.05, 0.1) is 24.8 Å². The first-order valence-electron chi connectivity index (χ1n) is 12.8. The fourth-order valence-corrected chi connectivity index (χ4v) is 4.95. The SMILES string of the molecule is CCCCOc1c2n(cc(C(C)=O)c1=O)[C@@H](C(c1ccccc1)c1ccccc1)CN(CCOC)C2=O. The minimum absolute atomic E-state index is 0.0262. The summed E-state index contributed by atoms with van der Waals surface area (Å²) >= 11 is 0. The van der Waals surface area contributed by atoms with Crippen LogP contribution in [-0.4, -0.2) is 54.6 Å². The number of amides is 1. The van der Waals surface area contributed by atoms with Crippen molar-refractivity contribution in [2.24, 2.45) is 0 Å². The average molecular weight is 503 g/mol. The van der Waals surface area contributed by atoms with Gasteiger partial charge in [0.1, 0.15) is 0 Å². The highest BCUT2D eigenvalue weighted by Gasteiger charge is 2.40. The van der Waals surface area contributed by atoms with Gasteiger partial charge in [-0.3, -0.25) is 14.4 Å². The van der Waals surface area contributed by atoms with Crippen LogP contribution in [0.15, 0.2) is 71.7 Å². The molecule has 37 heavy (non-hydrogen) atoms. The standard InChI is InChI=1S/C30H34N2O5/c1-4-5-17-37-29-27-30(35)31(16-18-36-3)20-25(32(27)19-24(21(2)33)28(29)34)26(22-12-8-6-9-13-22)23-14-10-7-11-15-23/h6-15,19,25-26H,4-5,16-18,20H2,1-3H3/t25-/m1/s1. The van der Waals surface area contributed by atoms with Gasteiger partial charge in [0.2, 0.25) is 5.43 Å². The number of hydrogen-bond donors (Lipinski definition) is 0. The summed E-state index contributed by atoms with van der Waals surface area (Å²) in [4.78, 5) is 41.5. The van der Waals surface area contributed by atoms with Crippen molar-refractivity contribution in [2.45, 2.75) is 38.6 Å². The summed E-state index contributed by atoms with van der Waals surface area (Å²) in [5.74, 6) is -0.847. The number of rotatable bonds is 11. The van der Waals surface area contributed by atoms with E-state index in [2.05, 4.69) is 24.3 Å². The van der Waals surface area contributed by atoms with Gasteiger partial charge >= 0.3 is 0 Å². The number of carbonyl (C=O) groups excluding carboxylic acids is 2. The second kappa shape index (κ2) is 12.0. The van der Waals surface area contributed by atoms with E-state index in [9.17, 15) is 14.4 Å². The maximum absolute atomic E-state index is 13.8. The third-order valence-corrected chi connectivity index (χ3v) is 6.84. The monoisotopic (exact) mass is 502 g/mol. The molecule has 0 fully saturated rings. The van der Waals surface area contributed by atoms with E-state index in [1.807, 2.05) is 47.9 Å². The Morgan fingerprint density at radius 1 is 1.00 bits per heavy atom. The highest BCUT2D eigenvalue weighted by atomic mass is 16.5. The molecular weight excluding hydrogens is 468 g/mol. The lowest BCUT2D eigenvalue weighted by atomic mass is 9.83. The number of nitrogens with zero attached hydrogens (tertiary/aromatic N) is 2. The van der Waals surface area contributed by atoms with Gasteiger partial charge in [-0.1, -0.05) is 74.0 Å². The number of Topliss-reactive ketones (excluding diaryl/α,β-unsaturated/α-hetero) is 1. The fourth-order valence-electron chi connectivity index (χ4n) is 4.95. The van der Waals surface area contributed by atoms with E-state index >= 15 is 0 Å². The topological polar surface area (TPSA) is 77.8 Å². The smallest absolute Gasteiger partial charge is 0.274 e. The predicted molar refractivity (Wildman–Crippen MR) is 143 cm³/mol. The molecule has 0 spiro atoms. The van der Waals surface area contributed by atoms with E-state index in [-0.39, 0.29) is 47.3 Å². The Morgan fingerprint density at radius 3 is 2.16 bits per heavy atom. The van der Waals surface area contributed by atoms with Crippen LogP contribution in [0, 0.1) is 0 Å². The van der Waals surface area contributed by atoms with Crippen molar-refractivity contribution in [2.75, 3.05) is 33.4 Å². The number of fused-ring (bicyclic) bond motifs is 1. The maximum atomic E-state index is 13.8. The Bertz CT molecular complexity index is 1250. The van der Waals surface area contributed by atoms with E-state index in [4.69, 9.17) is 9.47 Å². The van der Waals surface area contributed by atoms with Gasteiger partial charge in [0.15, 0.2) is 17.2 Å². The van der Waals surface area contributed by atoms with Gasteiger partial charge in [-0.15, -0.1) is 0 Å². The van der Waals surface area contributed by atoms with Crippen LogP contribution in [-0.2, 0) is 4.74 Å². The molecule has 1 aliphatic heterocycles. The van der Waals surface area contributed by atoms with Crippen molar-refractivity contribution >= 4 is 11.7 Å². The zero-order chi connectivity index (χ0) is 26.4. The van der Waals surface area contributed by atoms with Crippen molar-refractivity contribution in [3.05, 3.63) is 99.5 Å². The number of ether oxygens (including phenoxy) is 2. The average Bonchev–Trinajstić information content (AvgIpc) is 2.91. The molecule has 4 rings (SSSR count). The number of unbranched alkanes of at least 4 members (excludes halogenated alkanes) is 1. The first-order valence-corrected chi connectivity index (χ1v) is 12.8. The summed E-state index contributed by atoms with van der Waals surface area (Å²) in [5.41, 5.74) is 1.82. The van der Waals surface area contributed by atoms with Crippen LogP contribution in [0.5, 0.6) is 5.75 Å². The Labute approximate surface area is 217 Å². The maximum Gasteiger partial charge on any atom is 0.274 e. The molecule has 7 nitrogen and oxygen atoms in total. The van der Waals surface area contributed by atoms with Gasteiger partial charge in [-0.25, -0.2) is 0 Å². The minimum Gasteiger partial charge on any atom is -0.487 e. The van der Waals surface area contributed by atoms with Crippen LogP contribution in [0.2, 0.25) is 0 Å². The van der Waals surface area contributed by atoms with Crippen molar-refractivity contribution < 1.29 is 19.1 Å². The summed E-state index contributed by atoms with van der Waals surface area (Å²) < 4.78 is 13.1. The number of aromatic nitrogens is 1. The Kier molecular flexibility index (Phi) is 8.56. The first-order chi connectivity index (χ1) is 18.0. The van der Waals surface area contributed by atoms with Gasteiger partial charge in [0, 0.05) is 32.3 Å². The second-order valence-electron chi connectivity index (χ2n) is 9.33. The number of benzene rings is 2. The van der Waals surface area contributed by atoms with Crippen LogP contribution < -0.4 is 10.2 Å². The second-order valence-corrected chi connectivity index (χ2v) is 9.33. The Hall–Kier alpha value is -3.71. The molecule has 0 N–H and O–H groups in total. The summed E-state index contributed by atoms with van der Waals surface area (Å²) in [5, 5.41) is 0. The Balaban J connectivity index is 1.98. The number of hydrogen-bond acceptors (Lipinski definition) is 5. The highest BCUT2D eigenvalue weighted by molar-refractivity contribution is 5.99. The molecule has 0 radical (unpaired) electrons. The fraction of sp³-hybridized carbons (Fsp3) is 0.367. The third kappa shape index (κ3) is 5.52. The van der Waals surface area contributed by atoms with E-state index < -0.39 is 5.43 Å². The normalized spacial score (nSPS) is 15.1. The quantitative estimate of drug-likeness (QED) is 0.280. The lowest BCUT2D eigenvalue weighted by Crippen LogP contribution is -2.48. The molecule has 2 heterocycles.